The summed E-state index contributed by atoms with van der Waals surface area (Å²) in [5.41, 5.74) is 0.307. The summed E-state index contributed by atoms with van der Waals surface area (Å²) >= 11 is 9.26. The first-order chi connectivity index (χ1) is 9.97. The number of ether oxygens (including phenoxy) is 2. The molecule has 2 aromatic carbocycles. The van der Waals surface area contributed by atoms with Crippen LogP contribution in [-0.4, -0.2) is 14.2 Å². The van der Waals surface area contributed by atoms with Gasteiger partial charge >= 0.3 is 0 Å². The maximum Gasteiger partial charge on any atom is 0.161 e. The van der Waals surface area contributed by atoms with Crippen LogP contribution in [0, 0.1) is 11.6 Å². The number of hydrogen-bond acceptors (Lipinski definition) is 2. The van der Waals surface area contributed by atoms with Gasteiger partial charge in [0.1, 0.15) is 11.6 Å². The van der Waals surface area contributed by atoms with Crippen molar-refractivity contribution in [3.05, 3.63) is 57.6 Å². The van der Waals surface area contributed by atoms with Gasteiger partial charge in [0, 0.05) is 10.0 Å². The number of methoxy groups -OCH3 is 2. The van der Waals surface area contributed by atoms with Gasteiger partial charge in [0.15, 0.2) is 11.5 Å². The lowest BCUT2D eigenvalue weighted by molar-refractivity contribution is 0.354. The highest BCUT2D eigenvalue weighted by atomic mass is 79.9. The highest BCUT2D eigenvalue weighted by Gasteiger charge is 2.22. The number of alkyl halides is 1. The number of benzene rings is 2. The first-order valence-electron chi connectivity index (χ1n) is 5.98. The predicted octanol–water partition coefficient (Wildman–Crippen LogP) is 5.07. The molecule has 0 saturated carbocycles. The molecular formula is C15H12BrClF2O2. The molecule has 0 N–H and O–H groups in total. The van der Waals surface area contributed by atoms with Crippen LogP contribution in [0.15, 0.2) is 34.8 Å². The zero-order valence-electron chi connectivity index (χ0n) is 11.3. The molecular weight excluding hydrogens is 366 g/mol. The van der Waals surface area contributed by atoms with Crippen LogP contribution in [0.5, 0.6) is 11.5 Å². The summed E-state index contributed by atoms with van der Waals surface area (Å²) in [7, 11) is 2.98. The number of rotatable bonds is 4. The lowest BCUT2D eigenvalue weighted by Crippen LogP contribution is -2.02. The maximum absolute atomic E-state index is 14.0. The minimum atomic E-state index is -0.974. The summed E-state index contributed by atoms with van der Waals surface area (Å²) in [5.74, 6) is -0.464. The van der Waals surface area contributed by atoms with Crippen LogP contribution < -0.4 is 9.47 Å². The molecule has 0 aliphatic heterocycles. The van der Waals surface area contributed by atoms with E-state index in [0.717, 1.165) is 0 Å². The molecule has 1 atom stereocenters. The fourth-order valence-electron chi connectivity index (χ4n) is 1.97. The molecule has 2 aromatic rings. The van der Waals surface area contributed by atoms with Crippen molar-refractivity contribution in [2.45, 2.75) is 5.38 Å². The van der Waals surface area contributed by atoms with Crippen molar-refractivity contribution in [2.24, 2.45) is 0 Å². The third kappa shape index (κ3) is 3.30. The smallest absolute Gasteiger partial charge is 0.161 e. The molecule has 0 aliphatic carbocycles. The van der Waals surface area contributed by atoms with Crippen molar-refractivity contribution in [2.75, 3.05) is 14.2 Å². The Bertz CT molecular complexity index is 641. The fourth-order valence-corrected chi connectivity index (χ4v) is 2.72. The molecule has 0 heterocycles. The Hall–Kier alpha value is -1.33. The Labute approximate surface area is 134 Å². The second-order valence-electron chi connectivity index (χ2n) is 4.26. The highest BCUT2D eigenvalue weighted by Crippen LogP contribution is 2.37. The standard InChI is InChI=1S/C15H12BrClF2O2/c1-20-12-4-3-8(5-13(12)21-2)15(17)14-10(18)6-9(16)7-11(14)19/h3-7,15H,1-2H3. The number of hydrogen-bond donors (Lipinski definition) is 0. The van der Waals surface area contributed by atoms with E-state index in [1.807, 2.05) is 0 Å². The summed E-state index contributed by atoms with van der Waals surface area (Å²) < 4.78 is 38.5. The molecule has 2 rings (SSSR count). The molecule has 0 saturated heterocycles. The SMILES string of the molecule is COc1ccc(C(Cl)c2c(F)cc(Br)cc2F)cc1OC. The van der Waals surface area contributed by atoms with E-state index in [0.29, 0.717) is 21.5 Å². The van der Waals surface area contributed by atoms with E-state index in [1.54, 1.807) is 18.2 Å². The van der Waals surface area contributed by atoms with Crippen molar-refractivity contribution in [3.63, 3.8) is 0 Å². The van der Waals surface area contributed by atoms with Crippen LogP contribution in [0.25, 0.3) is 0 Å². The summed E-state index contributed by atoms with van der Waals surface area (Å²) in [6.45, 7) is 0. The molecule has 2 nitrogen and oxygen atoms in total. The first kappa shape index (κ1) is 16.0. The quantitative estimate of drug-likeness (QED) is 0.692. The van der Waals surface area contributed by atoms with E-state index in [1.165, 1.54) is 26.4 Å². The Morgan fingerprint density at radius 3 is 2.10 bits per heavy atom. The first-order valence-corrected chi connectivity index (χ1v) is 7.21. The van der Waals surface area contributed by atoms with E-state index < -0.39 is 17.0 Å². The van der Waals surface area contributed by atoms with Gasteiger partial charge in [-0.05, 0) is 29.8 Å². The van der Waals surface area contributed by atoms with Gasteiger partial charge in [0.25, 0.3) is 0 Å². The minimum Gasteiger partial charge on any atom is -0.493 e. The molecule has 0 fully saturated rings. The third-order valence-electron chi connectivity index (χ3n) is 3.00. The average molecular weight is 378 g/mol. The molecule has 0 aromatic heterocycles. The van der Waals surface area contributed by atoms with Gasteiger partial charge in [-0.2, -0.15) is 0 Å². The van der Waals surface area contributed by atoms with Crippen molar-refractivity contribution in [1.29, 1.82) is 0 Å². The second-order valence-corrected chi connectivity index (χ2v) is 5.61. The van der Waals surface area contributed by atoms with Gasteiger partial charge in [0.05, 0.1) is 19.6 Å². The van der Waals surface area contributed by atoms with Crippen molar-refractivity contribution in [1.82, 2.24) is 0 Å². The molecule has 0 amide bonds. The van der Waals surface area contributed by atoms with E-state index in [9.17, 15) is 8.78 Å². The highest BCUT2D eigenvalue weighted by molar-refractivity contribution is 9.10. The van der Waals surface area contributed by atoms with E-state index in [2.05, 4.69) is 15.9 Å². The van der Waals surface area contributed by atoms with Crippen molar-refractivity contribution in [3.8, 4) is 11.5 Å². The Morgan fingerprint density at radius 1 is 1.00 bits per heavy atom. The molecule has 0 bridgehead atoms. The molecule has 21 heavy (non-hydrogen) atoms. The van der Waals surface area contributed by atoms with E-state index in [-0.39, 0.29) is 5.56 Å². The molecule has 112 valence electrons. The molecule has 0 spiro atoms. The third-order valence-corrected chi connectivity index (χ3v) is 3.93. The molecule has 0 aliphatic rings. The Morgan fingerprint density at radius 2 is 1.57 bits per heavy atom. The van der Waals surface area contributed by atoms with Gasteiger partial charge in [-0.15, -0.1) is 11.6 Å². The monoisotopic (exact) mass is 376 g/mol. The van der Waals surface area contributed by atoms with Crippen LogP contribution >= 0.6 is 27.5 Å². The van der Waals surface area contributed by atoms with E-state index in [4.69, 9.17) is 21.1 Å². The topological polar surface area (TPSA) is 18.5 Å². The normalized spacial score (nSPS) is 12.1. The zero-order chi connectivity index (χ0) is 15.6. The summed E-state index contributed by atoms with van der Waals surface area (Å²) in [5, 5.41) is -0.974. The van der Waals surface area contributed by atoms with Gasteiger partial charge in [-0.25, -0.2) is 8.78 Å². The van der Waals surface area contributed by atoms with Crippen LogP contribution in [0.2, 0.25) is 0 Å². The van der Waals surface area contributed by atoms with Crippen molar-refractivity contribution >= 4 is 27.5 Å². The van der Waals surface area contributed by atoms with Crippen LogP contribution in [-0.2, 0) is 0 Å². The second kappa shape index (κ2) is 6.62. The van der Waals surface area contributed by atoms with Crippen LogP contribution in [0.1, 0.15) is 16.5 Å². The average Bonchev–Trinajstić information content (AvgIpc) is 2.45. The van der Waals surface area contributed by atoms with Gasteiger partial charge < -0.3 is 9.47 Å². The summed E-state index contributed by atoms with van der Waals surface area (Å²) in [6, 6.07) is 7.22. The van der Waals surface area contributed by atoms with Gasteiger partial charge in [-0.1, -0.05) is 22.0 Å². The lowest BCUT2D eigenvalue weighted by atomic mass is 10.0. The maximum atomic E-state index is 14.0. The molecule has 0 radical (unpaired) electrons. The fraction of sp³-hybridized carbons (Fsp3) is 0.200. The zero-order valence-corrected chi connectivity index (χ0v) is 13.6. The van der Waals surface area contributed by atoms with Crippen LogP contribution in [0.3, 0.4) is 0 Å². The Kier molecular flexibility index (Phi) is 5.06. The Balaban J connectivity index is 2.47. The van der Waals surface area contributed by atoms with Crippen molar-refractivity contribution < 1.29 is 18.3 Å². The largest absolute Gasteiger partial charge is 0.493 e. The van der Waals surface area contributed by atoms with Crippen LogP contribution in [0.4, 0.5) is 8.78 Å². The predicted molar refractivity (Wildman–Crippen MR) is 81.3 cm³/mol. The molecule has 1 unspecified atom stereocenters. The van der Waals surface area contributed by atoms with Gasteiger partial charge in [0.2, 0.25) is 0 Å². The van der Waals surface area contributed by atoms with E-state index >= 15 is 0 Å². The number of halogens is 4. The minimum absolute atomic E-state index is 0.202. The lowest BCUT2D eigenvalue weighted by Gasteiger charge is -2.15. The summed E-state index contributed by atoms with van der Waals surface area (Å²) in [4.78, 5) is 0. The molecule has 6 heteroatoms. The van der Waals surface area contributed by atoms with Gasteiger partial charge in [-0.3, -0.25) is 0 Å². The summed E-state index contributed by atoms with van der Waals surface area (Å²) in [6.07, 6.45) is 0.